The van der Waals surface area contributed by atoms with Crippen LogP contribution in [0.15, 0.2) is 18.2 Å². The molecule has 2 aromatic carbocycles. The summed E-state index contributed by atoms with van der Waals surface area (Å²) in [6.07, 6.45) is 2.04. The Bertz CT molecular complexity index is 1630. The Morgan fingerprint density at radius 3 is 2.74 bits per heavy atom. The van der Waals surface area contributed by atoms with Gasteiger partial charge < -0.3 is 25.6 Å². The van der Waals surface area contributed by atoms with Crippen LogP contribution < -0.4 is 20.7 Å². The minimum Gasteiger partial charge on any atom is -0.475 e. The normalized spacial score (nSPS) is 18.2. The van der Waals surface area contributed by atoms with Crippen LogP contribution >= 0.6 is 22.9 Å². The van der Waals surface area contributed by atoms with E-state index in [4.69, 9.17) is 22.1 Å². The molecule has 8 nitrogen and oxygen atoms in total. The number of rotatable bonds is 5. The molecule has 0 amide bonds. The molecule has 2 aliphatic rings. The van der Waals surface area contributed by atoms with Crippen LogP contribution in [0.2, 0.25) is 5.02 Å². The third kappa shape index (κ3) is 4.51. The van der Waals surface area contributed by atoms with Gasteiger partial charge in [0.25, 0.3) is 0 Å². The maximum absolute atomic E-state index is 16.5. The Hall–Kier alpha value is -3.30. The second-order valence-corrected chi connectivity index (χ2v) is 11.3. The number of nitrogens with one attached hydrogen (secondary N) is 1. The predicted molar refractivity (Wildman–Crippen MR) is 151 cm³/mol. The molecule has 2 aliphatic heterocycles. The number of anilines is 2. The van der Waals surface area contributed by atoms with Gasteiger partial charge in [-0.15, -0.1) is 0 Å². The van der Waals surface area contributed by atoms with Gasteiger partial charge in [0.15, 0.2) is 10.9 Å². The molecule has 0 saturated carbocycles. The van der Waals surface area contributed by atoms with E-state index in [0.717, 1.165) is 30.7 Å². The standard InChI is InChI=1S/C27H26ClF2N7OS/c1-36-8-2-3-14(36)13-38-26-17(12-31)24(37-9-6-33-7-10-37)16-11-18(28)20(21(30)22(16)34-26)15-4-5-19(29)25-23(15)35-27(32)39-25/h4-5,11,14,33H,2-3,6-10,13H2,1H3,(H2,32,35). The first kappa shape index (κ1) is 26.0. The van der Waals surface area contributed by atoms with Crippen LogP contribution in [0.1, 0.15) is 18.4 Å². The van der Waals surface area contributed by atoms with E-state index in [-0.39, 0.29) is 48.9 Å². The fraction of sp³-hybridized carbons (Fsp3) is 0.370. The van der Waals surface area contributed by atoms with Crippen LogP contribution in [0.25, 0.3) is 32.2 Å². The molecule has 0 radical (unpaired) electrons. The average Bonchev–Trinajstić information content (AvgIpc) is 3.53. The first-order chi connectivity index (χ1) is 18.9. The maximum atomic E-state index is 16.5. The van der Waals surface area contributed by atoms with E-state index in [0.29, 0.717) is 49.4 Å². The number of aromatic nitrogens is 2. The molecule has 39 heavy (non-hydrogen) atoms. The zero-order valence-corrected chi connectivity index (χ0v) is 22.8. The van der Waals surface area contributed by atoms with Crippen LogP contribution in [-0.4, -0.2) is 67.3 Å². The summed E-state index contributed by atoms with van der Waals surface area (Å²) in [4.78, 5) is 13.1. The van der Waals surface area contributed by atoms with Crippen molar-refractivity contribution in [1.29, 1.82) is 5.26 Å². The van der Waals surface area contributed by atoms with Gasteiger partial charge in [0.2, 0.25) is 5.88 Å². The number of nitriles is 1. The number of fused-ring (bicyclic) bond motifs is 2. The molecule has 4 heterocycles. The number of likely N-dealkylation sites (N-methyl/N-ethyl adjacent to an activating group) is 1. The second kappa shape index (κ2) is 10.4. The Labute approximate surface area is 232 Å². The molecule has 4 aromatic rings. The number of pyridine rings is 1. The quantitative estimate of drug-likeness (QED) is 0.354. The summed E-state index contributed by atoms with van der Waals surface area (Å²) in [6, 6.07) is 6.77. The topological polar surface area (TPSA) is 103 Å². The SMILES string of the molecule is CN1CCCC1COc1nc2c(F)c(-c3ccc(F)c4sc(N)nc34)c(Cl)cc2c(N2CCNCC2)c1C#N. The van der Waals surface area contributed by atoms with Gasteiger partial charge in [-0.2, -0.15) is 5.26 Å². The van der Waals surface area contributed by atoms with Crippen molar-refractivity contribution in [3.05, 3.63) is 40.4 Å². The van der Waals surface area contributed by atoms with E-state index in [9.17, 15) is 9.65 Å². The molecule has 1 unspecified atom stereocenters. The van der Waals surface area contributed by atoms with Crippen LogP contribution in [-0.2, 0) is 0 Å². The lowest BCUT2D eigenvalue weighted by Crippen LogP contribution is -2.44. The summed E-state index contributed by atoms with van der Waals surface area (Å²) >= 11 is 7.72. The predicted octanol–water partition coefficient (Wildman–Crippen LogP) is 4.78. The molecule has 0 bridgehead atoms. The van der Waals surface area contributed by atoms with Gasteiger partial charge >= 0.3 is 0 Å². The first-order valence-corrected chi connectivity index (χ1v) is 14.0. The molecule has 12 heteroatoms. The van der Waals surface area contributed by atoms with Gasteiger partial charge in [-0.1, -0.05) is 22.9 Å². The third-order valence-electron chi connectivity index (χ3n) is 7.52. The molecular weight excluding hydrogens is 544 g/mol. The fourth-order valence-electron chi connectivity index (χ4n) is 5.52. The molecule has 6 rings (SSSR count). The third-order valence-corrected chi connectivity index (χ3v) is 8.71. The van der Waals surface area contributed by atoms with Crippen molar-refractivity contribution in [1.82, 2.24) is 20.2 Å². The van der Waals surface area contributed by atoms with Crippen LogP contribution in [0, 0.1) is 23.0 Å². The summed E-state index contributed by atoms with van der Waals surface area (Å²) in [5.74, 6) is -1.10. The van der Waals surface area contributed by atoms with Gasteiger partial charge in [-0.25, -0.2) is 18.7 Å². The lowest BCUT2D eigenvalue weighted by Gasteiger charge is -2.32. The maximum Gasteiger partial charge on any atom is 0.234 e. The minimum absolute atomic E-state index is 0.0254. The van der Waals surface area contributed by atoms with Crippen molar-refractivity contribution in [2.75, 3.05) is 57.0 Å². The van der Waals surface area contributed by atoms with Crippen LogP contribution in [0.4, 0.5) is 19.6 Å². The summed E-state index contributed by atoms with van der Waals surface area (Å²) in [5.41, 5.74) is 7.28. The Kier molecular flexibility index (Phi) is 6.89. The summed E-state index contributed by atoms with van der Waals surface area (Å²) in [5, 5.41) is 14.2. The summed E-state index contributed by atoms with van der Waals surface area (Å²) in [7, 11) is 2.04. The Morgan fingerprint density at radius 2 is 2.03 bits per heavy atom. The van der Waals surface area contributed by atoms with Crippen molar-refractivity contribution in [3.8, 4) is 23.1 Å². The van der Waals surface area contributed by atoms with Gasteiger partial charge in [0.1, 0.15) is 29.6 Å². The smallest absolute Gasteiger partial charge is 0.234 e. The van der Waals surface area contributed by atoms with E-state index in [2.05, 4.69) is 26.3 Å². The van der Waals surface area contributed by atoms with Gasteiger partial charge in [0.05, 0.1) is 20.9 Å². The number of likely N-dealkylation sites (tertiary alicyclic amines) is 1. The number of nitrogens with zero attached hydrogens (tertiary/aromatic N) is 5. The molecule has 202 valence electrons. The number of halogens is 3. The highest BCUT2D eigenvalue weighted by Crippen LogP contribution is 2.44. The van der Waals surface area contributed by atoms with E-state index in [1.807, 2.05) is 11.9 Å². The minimum atomic E-state index is -0.694. The Balaban J connectivity index is 1.57. The largest absolute Gasteiger partial charge is 0.475 e. The molecule has 2 saturated heterocycles. The molecule has 2 fully saturated rings. The van der Waals surface area contributed by atoms with E-state index >= 15 is 4.39 Å². The van der Waals surface area contributed by atoms with Crippen molar-refractivity contribution < 1.29 is 13.5 Å². The number of hydrogen-bond donors (Lipinski definition) is 2. The lowest BCUT2D eigenvalue weighted by molar-refractivity contribution is 0.193. The van der Waals surface area contributed by atoms with E-state index < -0.39 is 11.6 Å². The van der Waals surface area contributed by atoms with E-state index in [1.54, 1.807) is 6.07 Å². The van der Waals surface area contributed by atoms with Crippen molar-refractivity contribution in [2.45, 2.75) is 18.9 Å². The molecular formula is C27H26ClF2N7OS. The van der Waals surface area contributed by atoms with Gasteiger partial charge in [0, 0.05) is 48.7 Å². The fourth-order valence-corrected chi connectivity index (χ4v) is 6.58. The van der Waals surface area contributed by atoms with Gasteiger partial charge in [-0.05, 0) is 44.6 Å². The number of piperazine rings is 1. The monoisotopic (exact) mass is 569 g/mol. The number of thiazole rings is 1. The highest BCUT2D eigenvalue weighted by atomic mass is 35.5. The number of nitrogens with two attached hydrogens (primary N) is 1. The summed E-state index contributed by atoms with van der Waals surface area (Å²) < 4.78 is 37.4. The van der Waals surface area contributed by atoms with Crippen molar-refractivity contribution in [3.63, 3.8) is 0 Å². The molecule has 3 N–H and O–H groups in total. The van der Waals surface area contributed by atoms with Crippen molar-refractivity contribution >= 4 is 54.9 Å². The highest BCUT2D eigenvalue weighted by molar-refractivity contribution is 7.22. The van der Waals surface area contributed by atoms with Crippen LogP contribution in [0.3, 0.4) is 0 Å². The first-order valence-electron chi connectivity index (χ1n) is 12.8. The second-order valence-electron chi connectivity index (χ2n) is 9.85. The Morgan fingerprint density at radius 1 is 1.23 bits per heavy atom. The highest BCUT2D eigenvalue weighted by Gasteiger charge is 2.29. The molecule has 2 aromatic heterocycles. The molecule has 1 atom stereocenters. The number of hydrogen-bond acceptors (Lipinski definition) is 9. The van der Waals surface area contributed by atoms with Crippen molar-refractivity contribution in [2.24, 2.45) is 0 Å². The average molecular weight is 570 g/mol. The number of benzene rings is 2. The molecule has 0 spiro atoms. The number of nitrogen functional groups attached to an aromatic ring is 1. The zero-order valence-electron chi connectivity index (χ0n) is 21.2. The van der Waals surface area contributed by atoms with E-state index in [1.165, 1.54) is 12.1 Å². The molecule has 0 aliphatic carbocycles. The lowest BCUT2D eigenvalue weighted by atomic mass is 9.99. The van der Waals surface area contributed by atoms with Crippen LogP contribution in [0.5, 0.6) is 5.88 Å². The summed E-state index contributed by atoms with van der Waals surface area (Å²) in [6.45, 7) is 3.98. The number of ether oxygens (including phenoxy) is 1. The zero-order chi connectivity index (χ0) is 27.3. The van der Waals surface area contributed by atoms with Gasteiger partial charge in [-0.3, -0.25) is 0 Å².